The third-order valence-corrected chi connectivity index (χ3v) is 15.0. The number of ketones is 1. The number of hydrogen-bond acceptors (Lipinski definition) is 16. The Morgan fingerprint density at radius 1 is 0.781 bits per heavy atom. The molecule has 3 N–H and O–H groups in total. The van der Waals surface area contributed by atoms with Crippen LogP contribution in [0.1, 0.15) is 97.1 Å². The first-order chi connectivity index (χ1) is 34.7. The van der Waals surface area contributed by atoms with Crippen molar-refractivity contribution >= 4 is 47.2 Å². The lowest BCUT2D eigenvalue weighted by Gasteiger charge is -2.67. The van der Waals surface area contributed by atoms with Gasteiger partial charge < -0.3 is 44.0 Å². The summed E-state index contributed by atoms with van der Waals surface area (Å²) in [6, 6.07) is 28.1. The Morgan fingerprint density at radius 2 is 1.36 bits per heavy atom. The molecule has 3 fully saturated rings. The molecule has 11 atom stereocenters. The number of carbonyl (C=O) groups excluding carboxylic acids is 7. The van der Waals surface area contributed by atoms with Gasteiger partial charge in [-0.3, -0.25) is 19.2 Å². The normalized spacial score (nSPS) is 28.5. The Labute approximate surface area is 419 Å². The van der Waals surface area contributed by atoms with Gasteiger partial charge in [-0.2, -0.15) is 0 Å². The van der Waals surface area contributed by atoms with E-state index in [2.05, 4.69) is 15.3 Å². The molecule has 4 aromatic rings. The molecule has 1 aliphatic heterocycles. The van der Waals surface area contributed by atoms with Crippen LogP contribution in [0.5, 0.6) is 0 Å². The molecule has 1 saturated heterocycles. The molecule has 4 aliphatic rings. The quantitative estimate of drug-likeness (QED) is 0.0320. The number of esters is 5. The molecule has 1 heterocycles. The van der Waals surface area contributed by atoms with Gasteiger partial charge in [0.2, 0.25) is 0 Å². The Bertz CT molecular complexity index is 2910. The topological polar surface area (TPSA) is 276 Å². The van der Waals surface area contributed by atoms with Crippen molar-refractivity contribution in [1.82, 2.24) is 5.32 Å². The molecule has 19 heteroatoms. The molecule has 8 rings (SSSR count). The van der Waals surface area contributed by atoms with Gasteiger partial charge in [-0.05, 0) is 72.5 Å². The van der Waals surface area contributed by atoms with Crippen molar-refractivity contribution in [3.05, 3.63) is 159 Å². The highest BCUT2D eigenvalue weighted by Gasteiger charge is 2.79. The van der Waals surface area contributed by atoms with Gasteiger partial charge in [0.05, 0.1) is 35.1 Å². The number of nitrogens with one attached hydrogen (secondary N) is 1. The highest BCUT2D eigenvalue weighted by Crippen LogP contribution is 2.65. The summed E-state index contributed by atoms with van der Waals surface area (Å²) in [5.74, 6) is -8.26. The van der Waals surface area contributed by atoms with Crippen molar-refractivity contribution in [2.75, 3.05) is 6.61 Å². The molecule has 3 aliphatic carbocycles. The Hall–Kier alpha value is -7.70. The van der Waals surface area contributed by atoms with E-state index < -0.39 is 125 Å². The van der Waals surface area contributed by atoms with Crippen LogP contribution in [0.4, 0.5) is 5.69 Å². The van der Waals surface area contributed by atoms with Crippen molar-refractivity contribution in [1.29, 1.82) is 0 Å². The van der Waals surface area contributed by atoms with E-state index in [1.165, 1.54) is 64.1 Å². The smallest absolute Gasteiger partial charge is 0.338 e. The Kier molecular flexibility index (Phi) is 14.2. The van der Waals surface area contributed by atoms with Crippen molar-refractivity contribution in [2.45, 2.75) is 108 Å². The van der Waals surface area contributed by atoms with Gasteiger partial charge in [0.15, 0.2) is 23.6 Å². The van der Waals surface area contributed by atoms with Gasteiger partial charge in [0, 0.05) is 48.3 Å². The number of ether oxygens (including phenoxy) is 6. The summed E-state index contributed by atoms with van der Waals surface area (Å²) >= 11 is 0. The van der Waals surface area contributed by atoms with Crippen molar-refractivity contribution in [3.8, 4) is 0 Å². The number of amides is 1. The van der Waals surface area contributed by atoms with Crippen LogP contribution in [-0.2, 0) is 47.6 Å². The highest BCUT2D eigenvalue weighted by atomic mass is 16.6. The van der Waals surface area contributed by atoms with Crippen molar-refractivity contribution < 1.29 is 72.2 Å². The summed E-state index contributed by atoms with van der Waals surface area (Å²) in [6.45, 7) is 7.75. The molecule has 2 saturated carbocycles. The third-order valence-electron chi connectivity index (χ3n) is 15.0. The monoisotopic (exact) mass is 998 g/mol. The van der Waals surface area contributed by atoms with Gasteiger partial charge >= 0.3 is 29.8 Å². The number of aliphatic hydroxyl groups excluding tert-OH is 1. The Balaban J connectivity index is 1.31. The second-order valence-corrected chi connectivity index (χ2v) is 19.5. The number of azide groups is 1. The molecule has 2 bridgehead atoms. The predicted octanol–water partition coefficient (Wildman–Crippen LogP) is 6.54. The van der Waals surface area contributed by atoms with E-state index in [1.807, 2.05) is 0 Å². The molecular formula is C54H54N4O15. The van der Waals surface area contributed by atoms with E-state index in [-0.39, 0.29) is 39.9 Å². The summed E-state index contributed by atoms with van der Waals surface area (Å²) < 4.78 is 37.3. The van der Waals surface area contributed by atoms with Crippen molar-refractivity contribution in [3.63, 3.8) is 0 Å². The summed E-state index contributed by atoms with van der Waals surface area (Å²) in [5.41, 5.74) is 1.34. The maximum atomic E-state index is 16.2. The van der Waals surface area contributed by atoms with Crippen molar-refractivity contribution in [2.24, 2.45) is 21.9 Å². The minimum atomic E-state index is -2.51. The lowest BCUT2D eigenvalue weighted by molar-refractivity contribution is -0.345. The number of rotatable bonds is 13. The molecule has 1 unspecified atom stereocenters. The molecule has 380 valence electrons. The molecular weight excluding hydrogens is 945 g/mol. The molecule has 19 nitrogen and oxygen atoms in total. The van der Waals surface area contributed by atoms with Gasteiger partial charge in [-0.25, -0.2) is 14.4 Å². The second kappa shape index (κ2) is 20.1. The molecule has 0 aromatic heterocycles. The van der Waals surface area contributed by atoms with Crippen LogP contribution in [0.25, 0.3) is 10.4 Å². The average Bonchev–Trinajstić information content (AvgIpc) is 3.36. The summed E-state index contributed by atoms with van der Waals surface area (Å²) in [6.07, 6.45) is -11.2. The zero-order valence-corrected chi connectivity index (χ0v) is 40.8. The lowest BCUT2D eigenvalue weighted by atomic mass is 9.44. The van der Waals surface area contributed by atoms with E-state index >= 15 is 4.79 Å². The van der Waals surface area contributed by atoms with E-state index in [1.54, 1.807) is 78.9 Å². The first-order valence-electron chi connectivity index (χ1n) is 23.6. The van der Waals surface area contributed by atoms with Crippen LogP contribution in [0.3, 0.4) is 0 Å². The van der Waals surface area contributed by atoms with Gasteiger partial charge in [-0.15, -0.1) is 0 Å². The van der Waals surface area contributed by atoms with E-state index in [0.29, 0.717) is 5.56 Å². The standard InChI is InChI=1S/C54H54N4O15/c1-29-37(70-50(66)42(61)41(32-16-10-7-11-17-32)56-47(63)33-18-12-8-13-19-33)27-54(67)46(72-49(65)34-20-14-9-15-21-34)44-52(6,45(62)43(69-30(2)59)40(29)51(54,4)5)38(26-39-53(44,28-68-39)73-31(3)60)71-48(64)35-22-24-36(25-23-35)57-58-55/h7-25,37-39,41-44,46,61,67H,26-28H2,1-6H3,(H,56,63)/t37-,38-,39+,41?,42+,43+,44-,46-,52+,53-,54+/m0/s1. The molecule has 1 amide bonds. The number of nitrogens with zero attached hydrogens (tertiary/aromatic N) is 3. The molecule has 0 radical (unpaired) electrons. The SMILES string of the molecule is CC(=O)O[C@H]1C(=O)[C@]2(C)[C@@H](OC(=O)c3ccc(N=[N+]=[N-])cc3)C[C@H]3OC[C@@]3(OC(C)=O)[C@H]2[C@H](OC(=O)c2ccccc2)[C@]2(O)C[C@H](OC(=O)[C@H](O)C(NC(=O)c3ccccc3)c3ccccc3)C(C)=C1C2(C)C. The number of benzene rings is 4. The fraction of sp³-hybridized carbons (Fsp3) is 0.389. The van der Waals surface area contributed by atoms with Crippen LogP contribution in [0.15, 0.2) is 132 Å². The molecule has 4 aromatic carbocycles. The van der Waals surface area contributed by atoms with Gasteiger partial charge in [0.25, 0.3) is 5.91 Å². The van der Waals surface area contributed by atoms with Crippen LogP contribution >= 0.6 is 0 Å². The number of hydrogen-bond donors (Lipinski definition) is 3. The predicted molar refractivity (Wildman–Crippen MR) is 256 cm³/mol. The van der Waals surface area contributed by atoms with Gasteiger partial charge in [0.1, 0.15) is 30.0 Å². The minimum absolute atomic E-state index is 0.0149. The zero-order chi connectivity index (χ0) is 52.6. The maximum absolute atomic E-state index is 16.2. The first-order valence-corrected chi connectivity index (χ1v) is 23.6. The van der Waals surface area contributed by atoms with Crippen LogP contribution in [-0.4, -0.2) is 106 Å². The fourth-order valence-electron chi connectivity index (χ4n) is 11.2. The second-order valence-electron chi connectivity index (χ2n) is 19.5. The lowest BCUT2D eigenvalue weighted by Crippen LogP contribution is -2.82. The number of carbonyl (C=O) groups is 7. The Morgan fingerprint density at radius 3 is 1.92 bits per heavy atom. The van der Waals surface area contributed by atoms with E-state index in [0.717, 1.165) is 13.8 Å². The highest BCUT2D eigenvalue weighted by molar-refractivity contribution is 5.97. The van der Waals surface area contributed by atoms with Crippen LogP contribution in [0.2, 0.25) is 0 Å². The fourth-order valence-corrected chi connectivity index (χ4v) is 11.2. The number of fused-ring (bicyclic) bond motifs is 5. The third kappa shape index (κ3) is 9.25. The minimum Gasteiger partial charge on any atom is -0.458 e. The van der Waals surface area contributed by atoms with Crippen LogP contribution in [0, 0.1) is 16.7 Å². The summed E-state index contributed by atoms with van der Waals surface area (Å²) in [4.78, 5) is 103. The van der Waals surface area contributed by atoms with E-state index in [9.17, 15) is 39.0 Å². The first kappa shape index (κ1) is 51.6. The zero-order valence-electron chi connectivity index (χ0n) is 40.8. The number of aliphatic hydroxyl groups is 2. The largest absolute Gasteiger partial charge is 0.458 e. The van der Waals surface area contributed by atoms with Gasteiger partial charge in [-0.1, -0.05) is 97.8 Å². The van der Waals surface area contributed by atoms with E-state index in [4.69, 9.17) is 34.0 Å². The number of Topliss-reactive ketones (excluding diaryl/α,β-unsaturated/α-hetero) is 1. The maximum Gasteiger partial charge on any atom is 0.338 e. The van der Waals surface area contributed by atoms with Crippen LogP contribution < -0.4 is 5.32 Å². The average molecular weight is 999 g/mol. The summed E-state index contributed by atoms with van der Waals surface area (Å²) in [7, 11) is 0. The summed E-state index contributed by atoms with van der Waals surface area (Å²) in [5, 5.41) is 32.3. The molecule has 73 heavy (non-hydrogen) atoms. The molecule has 0 spiro atoms.